The summed E-state index contributed by atoms with van der Waals surface area (Å²) in [5, 5.41) is 0. The molecule has 0 radical (unpaired) electrons. The zero-order chi connectivity index (χ0) is 13.4. The lowest BCUT2D eigenvalue weighted by Crippen LogP contribution is -2.34. The van der Waals surface area contributed by atoms with Crippen LogP contribution in [0.1, 0.15) is 25.7 Å². The lowest BCUT2D eigenvalue weighted by Gasteiger charge is -2.23. The summed E-state index contributed by atoms with van der Waals surface area (Å²) in [6, 6.07) is 10.1. The summed E-state index contributed by atoms with van der Waals surface area (Å²) in [7, 11) is 0. The van der Waals surface area contributed by atoms with Crippen LogP contribution in [0.25, 0.3) is 0 Å². The van der Waals surface area contributed by atoms with Gasteiger partial charge in [-0.05, 0) is 37.3 Å². The van der Waals surface area contributed by atoms with E-state index in [1.807, 2.05) is 30.3 Å². The minimum Gasteiger partial charge on any atom is -0.488 e. The van der Waals surface area contributed by atoms with Gasteiger partial charge in [-0.25, -0.2) is 0 Å². The van der Waals surface area contributed by atoms with Gasteiger partial charge in [-0.2, -0.15) is 0 Å². The molecule has 0 aromatic heterocycles. The monoisotopic (exact) mass is 273 g/mol. The van der Waals surface area contributed by atoms with Gasteiger partial charge in [-0.1, -0.05) is 18.2 Å². The quantitative estimate of drug-likeness (QED) is 0.842. The van der Waals surface area contributed by atoms with Crippen LogP contribution in [0.5, 0.6) is 5.75 Å². The van der Waals surface area contributed by atoms with Crippen molar-refractivity contribution in [1.82, 2.24) is 4.90 Å². The zero-order valence-electron chi connectivity index (χ0n) is 12.0. The van der Waals surface area contributed by atoms with Crippen molar-refractivity contribution < 1.29 is 9.47 Å². The van der Waals surface area contributed by atoms with Crippen molar-refractivity contribution in [2.24, 2.45) is 5.92 Å². The van der Waals surface area contributed by atoms with Gasteiger partial charge in [0.25, 0.3) is 0 Å². The maximum atomic E-state index is 6.15. The molecular formula is C17H23NO2. The Kier molecular flexibility index (Phi) is 3.20. The average Bonchev–Trinajstić information content (AvgIpc) is 3.07. The molecule has 3 heteroatoms. The number of ether oxygens (including phenoxy) is 2. The minimum atomic E-state index is 0.0777. The van der Waals surface area contributed by atoms with E-state index in [4.69, 9.17) is 9.47 Å². The molecule has 0 bridgehead atoms. The van der Waals surface area contributed by atoms with Gasteiger partial charge >= 0.3 is 0 Å². The molecule has 108 valence electrons. The number of benzene rings is 1. The molecule has 3 aliphatic rings. The van der Waals surface area contributed by atoms with E-state index in [9.17, 15) is 0 Å². The van der Waals surface area contributed by atoms with E-state index < -0.39 is 0 Å². The average molecular weight is 273 g/mol. The highest BCUT2D eigenvalue weighted by Crippen LogP contribution is 2.38. The second kappa shape index (κ2) is 5.05. The molecule has 1 spiro atoms. The molecule has 3 fully saturated rings. The summed E-state index contributed by atoms with van der Waals surface area (Å²) >= 11 is 0. The molecule has 2 heterocycles. The first kappa shape index (κ1) is 12.7. The highest BCUT2D eigenvalue weighted by molar-refractivity contribution is 5.21. The van der Waals surface area contributed by atoms with Crippen molar-refractivity contribution in [3.8, 4) is 5.75 Å². The fraction of sp³-hybridized carbons (Fsp3) is 0.647. The molecule has 1 aromatic carbocycles. The Morgan fingerprint density at radius 2 is 2.10 bits per heavy atom. The smallest absolute Gasteiger partial charge is 0.125 e. The van der Waals surface area contributed by atoms with Gasteiger partial charge in [0.15, 0.2) is 0 Å². The zero-order valence-corrected chi connectivity index (χ0v) is 12.0. The Labute approximate surface area is 120 Å². The van der Waals surface area contributed by atoms with Crippen molar-refractivity contribution in [2.75, 3.05) is 26.2 Å². The van der Waals surface area contributed by atoms with Gasteiger partial charge in [-0.3, -0.25) is 0 Å². The van der Waals surface area contributed by atoms with E-state index in [-0.39, 0.29) is 11.7 Å². The standard InChI is InChI=1S/C17H23NO2/c1-2-4-15(5-3-1)20-16-10-17(19-12-16)8-9-18(13-17)11-14-6-7-14/h1-5,14,16H,6-13H2. The first-order valence-electron chi connectivity index (χ1n) is 7.89. The highest BCUT2D eigenvalue weighted by Gasteiger charge is 2.46. The van der Waals surface area contributed by atoms with Crippen LogP contribution in [-0.2, 0) is 4.74 Å². The van der Waals surface area contributed by atoms with Crippen molar-refractivity contribution >= 4 is 0 Å². The van der Waals surface area contributed by atoms with Crippen molar-refractivity contribution in [3.63, 3.8) is 0 Å². The Balaban J connectivity index is 1.33. The predicted octanol–water partition coefficient (Wildman–Crippen LogP) is 2.71. The maximum absolute atomic E-state index is 6.15. The molecule has 2 atom stereocenters. The molecular weight excluding hydrogens is 250 g/mol. The fourth-order valence-corrected chi connectivity index (χ4v) is 3.60. The van der Waals surface area contributed by atoms with E-state index in [0.29, 0.717) is 0 Å². The summed E-state index contributed by atoms with van der Waals surface area (Å²) in [4.78, 5) is 2.60. The van der Waals surface area contributed by atoms with Gasteiger partial charge < -0.3 is 14.4 Å². The second-order valence-electron chi connectivity index (χ2n) is 6.68. The van der Waals surface area contributed by atoms with Crippen molar-refractivity contribution in [1.29, 1.82) is 0 Å². The van der Waals surface area contributed by atoms with E-state index in [0.717, 1.165) is 31.2 Å². The molecule has 0 amide bonds. The molecule has 1 saturated carbocycles. The lowest BCUT2D eigenvalue weighted by atomic mass is 9.98. The molecule has 20 heavy (non-hydrogen) atoms. The normalized spacial score (nSPS) is 33.9. The third kappa shape index (κ3) is 2.70. The Morgan fingerprint density at radius 3 is 2.90 bits per heavy atom. The van der Waals surface area contributed by atoms with Crippen molar-refractivity contribution in [2.45, 2.75) is 37.4 Å². The number of hydrogen-bond acceptors (Lipinski definition) is 3. The Bertz CT molecular complexity index is 459. The van der Waals surface area contributed by atoms with Crippen molar-refractivity contribution in [3.05, 3.63) is 30.3 Å². The third-order valence-corrected chi connectivity index (χ3v) is 4.83. The second-order valence-corrected chi connectivity index (χ2v) is 6.68. The minimum absolute atomic E-state index is 0.0777. The number of para-hydroxylation sites is 1. The van der Waals surface area contributed by atoms with Gasteiger partial charge in [-0.15, -0.1) is 0 Å². The largest absolute Gasteiger partial charge is 0.488 e. The number of likely N-dealkylation sites (tertiary alicyclic amines) is 1. The highest BCUT2D eigenvalue weighted by atomic mass is 16.6. The fourth-order valence-electron chi connectivity index (χ4n) is 3.60. The predicted molar refractivity (Wildman–Crippen MR) is 77.9 cm³/mol. The molecule has 0 N–H and O–H groups in total. The van der Waals surface area contributed by atoms with Crippen LogP contribution in [0.15, 0.2) is 30.3 Å². The topological polar surface area (TPSA) is 21.7 Å². The maximum Gasteiger partial charge on any atom is 0.125 e. The van der Waals surface area contributed by atoms with Crippen LogP contribution >= 0.6 is 0 Å². The Hall–Kier alpha value is -1.06. The first-order valence-corrected chi connectivity index (χ1v) is 7.89. The molecule has 1 aliphatic carbocycles. The molecule has 1 aromatic rings. The van der Waals surface area contributed by atoms with E-state index in [2.05, 4.69) is 4.90 Å². The van der Waals surface area contributed by atoms with Crippen LogP contribution < -0.4 is 4.74 Å². The summed E-state index contributed by atoms with van der Waals surface area (Å²) in [6.45, 7) is 4.34. The van der Waals surface area contributed by atoms with Crippen LogP contribution in [0.2, 0.25) is 0 Å². The van der Waals surface area contributed by atoms with E-state index >= 15 is 0 Å². The van der Waals surface area contributed by atoms with E-state index in [1.54, 1.807) is 0 Å². The molecule has 2 aliphatic heterocycles. The van der Waals surface area contributed by atoms with Gasteiger partial charge in [0.1, 0.15) is 11.9 Å². The summed E-state index contributed by atoms with van der Waals surface area (Å²) < 4.78 is 12.2. The Morgan fingerprint density at radius 1 is 1.25 bits per heavy atom. The summed E-state index contributed by atoms with van der Waals surface area (Å²) in [5.41, 5.74) is 0.0777. The molecule has 2 unspecified atom stereocenters. The van der Waals surface area contributed by atoms with Crippen LogP contribution in [-0.4, -0.2) is 42.8 Å². The van der Waals surface area contributed by atoms with Gasteiger partial charge in [0.05, 0.1) is 12.2 Å². The lowest BCUT2D eigenvalue weighted by molar-refractivity contribution is 0.00961. The van der Waals surface area contributed by atoms with Crippen LogP contribution in [0.4, 0.5) is 0 Å². The van der Waals surface area contributed by atoms with Crippen LogP contribution in [0, 0.1) is 5.92 Å². The van der Waals surface area contributed by atoms with Gasteiger partial charge in [0.2, 0.25) is 0 Å². The number of hydrogen-bond donors (Lipinski definition) is 0. The molecule has 3 nitrogen and oxygen atoms in total. The SMILES string of the molecule is c1ccc(OC2COC3(CCN(CC4CC4)C3)C2)cc1. The number of nitrogens with zero attached hydrogens (tertiary/aromatic N) is 1. The third-order valence-electron chi connectivity index (χ3n) is 4.83. The van der Waals surface area contributed by atoms with E-state index in [1.165, 1.54) is 32.4 Å². The number of rotatable bonds is 4. The summed E-state index contributed by atoms with van der Waals surface area (Å²) in [6.07, 6.45) is 5.31. The molecule has 2 saturated heterocycles. The van der Waals surface area contributed by atoms with Crippen LogP contribution in [0.3, 0.4) is 0 Å². The molecule has 4 rings (SSSR count). The summed E-state index contributed by atoms with van der Waals surface area (Å²) in [5.74, 6) is 1.94. The first-order chi connectivity index (χ1) is 9.81. The van der Waals surface area contributed by atoms with Gasteiger partial charge in [0, 0.05) is 26.1 Å².